The van der Waals surface area contributed by atoms with Crippen LogP contribution in [0.1, 0.15) is 24.0 Å². The van der Waals surface area contributed by atoms with Gasteiger partial charge in [-0.15, -0.1) is 5.10 Å². The number of nitrogens with zero attached hydrogens (tertiary/aromatic N) is 5. The summed E-state index contributed by atoms with van der Waals surface area (Å²) in [5.41, 5.74) is 1.81. The number of amides is 1. The molecule has 0 radical (unpaired) electrons. The molecule has 4 rings (SSSR count). The highest BCUT2D eigenvalue weighted by atomic mass is 16.2. The minimum absolute atomic E-state index is 0.132. The predicted octanol–water partition coefficient (Wildman–Crippen LogP) is 1.12. The van der Waals surface area contributed by atoms with Gasteiger partial charge in [0.05, 0.1) is 0 Å². The van der Waals surface area contributed by atoms with Crippen molar-refractivity contribution in [2.24, 2.45) is 0 Å². The van der Waals surface area contributed by atoms with Crippen LogP contribution in [0.15, 0.2) is 41.3 Å². The van der Waals surface area contributed by atoms with Crippen molar-refractivity contribution < 1.29 is 4.79 Å². The van der Waals surface area contributed by atoms with Gasteiger partial charge in [0.25, 0.3) is 5.78 Å². The molecule has 0 aliphatic carbocycles. The van der Waals surface area contributed by atoms with Crippen LogP contribution in [0.3, 0.4) is 0 Å². The van der Waals surface area contributed by atoms with Crippen LogP contribution >= 0.6 is 0 Å². The van der Waals surface area contributed by atoms with E-state index in [9.17, 15) is 9.59 Å². The van der Waals surface area contributed by atoms with Gasteiger partial charge in [0.15, 0.2) is 0 Å². The summed E-state index contributed by atoms with van der Waals surface area (Å²) in [5.74, 6) is 0.873. The summed E-state index contributed by atoms with van der Waals surface area (Å²) in [5, 5.41) is 7.04. The van der Waals surface area contributed by atoms with Crippen molar-refractivity contribution in [1.82, 2.24) is 24.5 Å². The fraction of sp³-hybridized carbons (Fsp3) is 0.368. The molecule has 0 unspecified atom stereocenters. The molecule has 1 aliphatic heterocycles. The molecule has 2 aromatic heterocycles. The molecule has 1 amide bonds. The molecule has 8 nitrogen and oxygen atoms in total. The average Bonchev–Trinajstić information content (AvgIpc) is 3.30. The van der Waals surface area contributed by atoms with Gasteiger partial charge in [-0.2, -0.15) is 4.98 Å². The van der Waals surface area contributed by atoms with Gasteiger partial charge in [0, 0.05) is 25.8 Å². The first-order chi connectivity index (χ1) is 13.1. The second-order valence-electron chi connectivity index (χ2n) is 6.85. The van der Waals surface area contributed by atoms with Gasteiger partial charge in [0.2, 0.25) is 5.91 Å². The summed E-state index contributed by atoms with van der Waals surface area (Å²) in [6, 6.07) is 9.76. The second-order valence-corrected chi connectivity index (χ2v) is 6.85. The molecule has 3 aromatic rings. The summed E-state index contributed by atoms with van der Waals surface area (Å²) in [6.07, 6.45) is 3.97. The third kappa shape index (κ3) is 3.69. The first kappa shape index (κ1) is 17.3. The molecular formula is C19H22N6O2. The lowest BCUT2D eigenvalue weighted by Gasteiger charge is -2.15. The number of hydrogen-bond donors (Lipinski definition) is 1. The van der Waals surface area contributed by atoms with Crippen LogP contribution in [0.4, 0.5) is 5.82 Å². The first-order valence-corrected chi connectivity index (χ1v) is 9.13. The largest absolute Gasteiger partial charge is 0.356 e. The standard InChI is InChI=1S/C19H22N6O2/c1-14-4-6-15(7-5-14)12-20-17(26)13-25-19(27)24-11-8-16(21-18(24)22-25)23-9-2-3-10-23/h4-8,11H,2-3,9-10,12-13H2,1H3,(H,20,26). The molecule has 1 aliphatic rings. The normalized spacial score (nSPS) is 14.0. The fourth-order valence-electron chi connectivity index (χ4n) is 3.22. The van der Waals surface area contributed by atoms with Crippen LogP contribution in [0.2, 0.25) is 0 Å². The Morgan fingerprint density at radius 2 is 1.89 bits per heavy atom. The highest BCUT2D eigenvalue weighted by molar-refractivity contribution is 5.75. The van der Waals surface area contributed by atoms with E-state index in [1.165, 1.54) is 9.96 Å². The van der Waals surface area contributed by atoms with E-state index in [0.717, 1.165) is 42.0 Å². The maximum Gasteiger partial charge on any atom is 0.352 e. The van der Waals surface area contributed by atoms with Gasteiger partial charge in [0.1, 0.15) is 12.4 Å². The summed E-state index contributed by atoms with van der Waals surface area (Å²) < 4.78 is 2.52. The minimum atomic E-state index is -0.365. The highest BCUT2D eigenvalue weighted by Crippen LogP contribution is 2.17. The molecule has 1 saturated heterocycles. The Morgan fingerprint density at radius 3 is 2.63 bits per heavy atom. The minimum Gasteiger partial charge on any atom is -0.356 e. The Bertz CT molecular complexity index is 1010. The number of anilines is 1. The van der Waals surface area contributed by atoms with Gasteiger partial charge in [-0.25, -0.2) is 13.9 Å². The molecular weight excluding hydrogens is 344 g/mol. The molecule has 1 aromatic carbocycles. The predicted molar refractivity (Wildman–Crippen MR) is 102 cm³/mol. The number of fused-ring (bicyclic) bond motifs is 1. The van der Waals surface area contributed by atoms with E-state index in [2.05, 4.69) is 20.3 Å². The Kier molecular flexibility index (Phi) is 4.62. The summed E-state index contributed by atoms with van der Waals surface area (Å²) in [6.45, 7) is 4.23. The van der Waals surface area contributed by atoms with E-state index in [0.29, 0.717) is 12.3 Å². The Morgan fingerprint density at radius 1 is 1.15 bits per heavy atom. The van der Waals surface area contributed by atoms with Gasteiger partial charge in [-0.05, 0) is 31.4 Å². The lowest BCUT2D eigenvalue weighted by atomic mass is 10.1. The van der Waals surface area contributed by atoms with Crippen molar-refractivity contribution >= 4 is 17.5 Å². The van der Waals surface area contributed by atoms with Gasteiger partial charge in [-0.1, -0.05) is 29.8 Å². The number of carbonyl (C=O) groups excluding carboxylic acids is 1. The summed E-state index contributed by atoms with van der Waals surface area (Å²) in [7, 11) is 0. The highest BCUT2D eigenvalue weighted by Gasteiger charge is 2.16. The van der Waals surface area contributed by atoms with E-state index in [1.54, 1.807) is 6.20 Å². The van der Waals surface area contributed by atoms with Crippen molar-refractivity contribution in [2.45, 2.75) is 32.9 Å². The molecule has 27 heavy (non-hydrogen) atoms. The Balaban J connectivity index is 1.46. The smallest absolute Gasteiger partial charge is 0.352 e. The third-order valence-electron chi connectivity index (χ3n) is 4.77. The zero-order valence-corrected chi connectivity index (χ0v) is 15.3. The maximum absolute atomic E-state index is 12.4. The van der Waals surface area contributed by atoms with Crippen LogP contribution in [-0.4, -0.2) is 38.2 Å². The lowest BCUT2D eigenvalue weighted by molar-refractivity contribution is -0.122. The Hall–Kier alpha value is -3.16. The topological polar surface area (TPSA) is 84.5 Å². The van der Waals surface area contributed by atoms with Crippen molar-refractivity contribution in [2.75, 3.05) is 18.0 Å². The molecule has 0 atom stereocenters. The molecule has 1 fully saturated rings. The van der Waals surface area contributed by atoms with E-state index >= 15 is 0 Å². The van der Waals surface area contributed by atoms with E-state index < -0.39 is 0 Å². The van der Waals surface area contributed by atoms with Crippen LogP contribution in [0.5, 0.6) is 0 Å². The third-order valence-corrected chi connectivity index (χ3v) is 4.77. The number of aromatic nitrogens is 4. The quantitative estimate of drug-likeness (QED) is 0.731. The number of aryl methyl sites for hydroxylation is 1. The second kappa shape index (κ2) is 7.22. The van der Waals surface area contributed by atoms with Crippen molar-refractivity contribution in [3.05, 3.63) is 58.1 Å². The van der Waals surface area contributed by atoms with Crippen molar-refractivity contribution in [3.63, 3.8) is 0 Å². The first-order valence-electron chi connectivity index (χ1n) is 9.13. The monoisotopic (exact) mass is 366 g/mol. The van der Waals surface area contributed by atoms with Gasteiger partial charge < -0.3 is 10.2 Å². The summed E-state index contributed by atoms with van der Waals surface area (Å²) in [4.78, 5) is 31.3. The lowest BCUT2D eigenvalue weighted by Crippen LogP contribution is -2.32. The fourth-order valence-corrected chi connectivity index (χ4v) is 3.22. The van der Waals surface area contributed by atoms with Crippen molar-refractivity contribution in [3.8, 4) is 0 Å². The molecule has 1 N–H and O–H groups in total. The molecule has 0 bridgehead atoms. The number of nitrogens with one attached hydrogen (secondary N) is 1. The zero-order valence-electron chi connectivity index (χ0n) is 15.3. The average molecular weight is 366 g/mol. The number of rotatable bonds is 5. The molecule has 0 saturated carbocycles. The van der Waals surface area contributed by atoms with E-state index in [1.807, 2.05) is 37.3 Å². The molecule has 140 valence electrons. The number of hydrogen-bond acceptors (Lipinski definition) is 5. The SMILES string of the molecule is Cc1ccc(CNC(=O)Cn2nc3nc(N4CCCC4)ccn3c2=O)cc1. The number of carbonyl (C=O) groups is 1. The number of benzene rings is 1. The zero-order chi connectivity index (χ0) is 18.8. The maximum atomic E-state index is 12.4. The molecule has 3 heterocycles. The molecule has 8 heteroatoms. The van der Waals surface area contributed by atoms with Crippen LogP contribution < -0.4 is 15.9 Å². The Labute approximate surface area is 156 Å². The van der Waals surface area contributed by atoms with Crippen LogP contribution in [0.25, 0.3) is 5.78 Å². The van der Waals surface area contributed by atoms with E-state index in [4.69, 9.17) is 0 Å². The summed E-state index contributed by atoms with van der Waals surface area (Å²) >= 11 is 0. The van der Waals surface area contributed by atoms with Crippen molar-refractivity contribution in [1.29, 1.82) is 0 Å². The van der Waals surface area contributed by atoms with Crippen LogP contribution in [0, 0.1) is 6.92 Å². The van der Waals surface area contributed by atoms with Gasteiger partial charge >= 0.3 is 5.69 Å². The molecule has 0 spiro atoms. The van der Waals surface area contributed by atoms with E-state index in [-0.39, 0.29) is 18.1 Å². The van der Waals surface area contributed by atoms with Gasteiger partial charge in [-0.3, -0.25) is 4.79 Å². The van der Waals surface area contributed by atoms with Crippen LogP contribution in [-0.2, 0) is 17.9 Å².